The number of amides is 1. The van der Waals surface area contributed by atoms with Gasteiger partial charge in [0.25, 0.3) is 10.0 Å². The van der Waals surface area contributed by atoms with Gasteiger partial charge in [0.15, 0.2) is 0 Å². The molecular formula is C18H29N3O3S2. The topological polar surface area (TPSA) is 69.7 Å². The van der Waals surface area contributed by atoms with Crippen molar-refractivity contribution in [1.29, 1.82) is 0 Å². The SMILES string of the molecule is CC1CCCN(C(C)CNC(=O)C2CCCN2S(=O)(=O)c2cccs2)C1. The van der Waals surface area contributed by atoms with Crippen LogP contribution in [0.25, 0.3) is 0 Å². The Morgan fingerprint density at radius 2 is 2.12 bits per heavy atom. The van der Waals surface area contributed by atoms with Crippen molar-refractivity contribution < 1.29 is 13.2 Å². The van der Waals surface area contributed by atoms with E-state index >= 15 is 0 Å². The number of carbonyl (C=O) groups is 1. The van der Waals surface area contributed by atoms with Gasteiger partial charge in [0.2, 0.25) is 5.91 Å². The van der Waals surface area contributed by atoms with Crippen molar-refractivity contribution >= 4 is 27.3 Å². The molecule has 2 aliphatic rings. The number of carbonyl (C=O) groups excluding carboxylic acids is 1. The number of hydrogen-bond donors (Lipinski definition) is 1. The minimum atomic E-state index is -3.58. The highest BCUT2D eigenvalue weighted by Gasteiger charge is 2.39. The van der Waals surface area contributed by atoms with Gasteiger partial charge in [-0.1, -0.05) is 13.0 Å². The highest BCUT2D eigenvalue weighted by molar-refractivity contribution is 7.91. The van der Waals surface area contributed by atoms with Crippen LogP contribution in [0.5, 0.6) is 0 Å². The van der Waals surface area contributed by atoms with Gasteiger partial charge in [0.05, 0.1) is 0 Å². The molecule has 8 heteroatoms. The quantitative estimate of drug-likeness (QED) is 0.796. The summed E-state index contributed by atoms with van der Waals surface area (Å²) in [5.41, 5.74) is 0. The number of piperidine rings is 1. The van der Waals surface area contributed by atoms with E-state index in [1.165, 1.54) is 28.5 Å². The van der Waals surface area contributed by atoms with Crippen molar-refractivity contribution in [2.75, 3.05) is 26.2 Å². The number of nitrogens with one attached hydrogen (secondary N) is 1. The van der Waals surface area contributed by atoms with E-state index < -0.39 is 16.1 Å². The van der Waals surface area contributed by atoms with Crippen molar-refractivity contribution in [2.45, 2.75) is 55.8 Å². The van der Waals surface area contributed by atoms with Crippen LogP contribution in [-0.2, 0) is 14.8 Å². The highest BCUT2D eigenvalue weighted by Crippen LogP contribution is 2.28. The second-order valence-corrected chi connectivity index (χ2v) is 10.6. The van der Waals surface area contributed by atoms with Crippen LogP contribution in [0.3, 0.4) is 0 Å². The van der Waals surface area contributed by atoms with Gasteiger partial charge in [-0.15, -0.1) is 11.3 Å². The molecule has 1 amide bonds. The van der Waals surface area contributed by atoms with Crippen LogP contribution in [0.15, 0.2) is 21.7 Å². The monoisotopic (exact) mass is 399 g/mol. The first-order chi connectivity index (χ1) is 12.4. The molecule has 3 atom stereocenters. The largest absolute Gasteiger partial charge is 0.353 e. The highest BCUT2D eigenvalue weighted by atomic mass is 32.2. The molecule has 26 heavy (non-hydrogen) atoms. The lowest BCUT2D eigenvalue weighted by atomic mass is 9.99. The Kier molecular flexibility index (Phi) is 6.37. The van der Waals surface area contributed by atoms with Gasteiger partial charge in [-0.25, -0.2) is 8.42 Å². The maximum Gasteiger partial charge on any atom is 0.253 e. The van der Waals surface area contributed by atoms with Crippen molar-refractivity contribution in [3.63, 3.8) is 0 Å². The van der Waals surface area contributed by atoms with Gasteiger partial charge in [0, 0.05) is 25.7 Å². The summed E-state index contributed by atoms with van der Waals surface area (Å²) in [5.74, 6) is 0.530. The van der Waals surface area contributed by atoms with Crippen LogP contribution in [0.4, 0.5) is 0 Å². The van der Waals surface area contributed by atoms with Crippen LogP contribution in [0, 0.1) is 5.92 Å². The molecule has 1 aromatic rings. The third kappa shape index (κ3) is 4.30. The van der Waals surface area contributed by atoms with E-state index in [2.05, 4.69) is 24.1 Å². The maximum absolute atomic E-state index is 12.8. The Hall–Kier alpha value is -0.960. The van der Waals surface area contributed by atoms with Crippen LogP contribution < -0.4 is 5.32 Å². The fourth-order valence-corrected chi connectivity index (χ4v) is 6.71. The fourth-order valence-electron chi connectivity index (χ4n) is 3.94. The predicted octanol–water partition coefficient (Wildman–Crippen LogP) is 2.14. The van der Waals surface area contributed by atoms with Crippen LogP contribution in [0.1, 0.15) is 39.5 Å². The zero-order valence-corrected chi connectivity index (χ0v) is 17.2. The lowest BCUT2D eigenvalue weighted by molar-refractivity contribution is -0.124. The summed E-state index contributed by atoms with van der Waals surface area (Å²) in [6.07, 6.45) is 3.79. The molecule has 0 spiro atoms. The Balaban J connectivity index is 1.58. The first-order valence-electron chi connectivity index (χ1n) is 9.46. The molecule has 3 unspecified atom stereocenters. The fraction of sp³-hybridized carbons (Fsp3) is 0.722. The number of nitrogens with zero attached hydrogens (tertiary/aromatic N) is 2. The summed E-state index contributed by atoms with van der Waals surface area (Å²) in [6, 6.07) is 3.01. The lowest BCUT2D eigenvalue weighted by Gasteiger charge is -2.35. The van der Waals surface area contributed by atoms with E-state index in [1.54, 1.807) is 17.5 Å². The minimum Gasteiger partial charge on any atom is -0.353 e. The second kappa shape index (κ2) is 8.37. The Morgan fingerprint density at radius 1 is 1.35 bits per heavy atom. The Labute approximate surface area is 160 Å². The third-order valence-corrected chi connectivity index (χ3v) is 8.73. The average molecular weight is 400 g/mol. The number of sulfonamides is 1. The maximum atomic E-state index is 12.8. The molecule has 2 aliphatic heterocycles. The first-order valence-corrected chi connectivity index (χ1v) is 11.8. The molecule has 1 aromatic heterocycles. The summed E-state index contributed by atoms with van der Waals surface area (Å²) in [6.45, 7) is 7.52. The van der Waals surface area contributed by atoms with E-state index in [9.17, 15) is 13.2 Å². The van der Waals surface area contributed by atoms with E-state index in [1.807, 2.05) is 0 Å². The third-order valence-electron chi connectivity index (χ3n) is 5.45. The second-order valence-electron chi connectivity index (χ2n) is 7.54. The summed E-state index contributed by atoms with van der Waals surface area (Å²) in [5, 5.41) is 4.75. The first kappa shape index (κ1) is 19.8. The van der Waals surface area contributed by atoms with Crippen LogP contribution in [-0.4, -0.2) is 61.8 Å². The van der Waals surface area contributed by atoms with Gasteiger partial charge >= 0.3 is 0 Å². The molecule has 0 radical (unpaired) electrons. The van der Waals surface area contributed by atoms with Gasteiger partial charge in [-0.2, -0.15) is 4.31 Å². The molecule has 146 valence electrons. The van der Waals surface area contributed by atoms with Gasteiger partial charge in [0.1, 0.15) is 10.3 Å². The summed E-state index contributed by atoms with van der Waals surface area (Å²) < 4.78 is 27.2. The predicted molar refractivity (Wildman–Crippen MR) is 104 cm³/mol. The molecule has 1 N–H and O–H groups in total. The normalized spacial score (nSPS) is 26.7. The minimum absolute atomic E-state index is 0.167. The summed E-state index contributed by atoms with van der Waals surface area (Å²) >= 11 is 1.20. The lowest BCUT2D eigenvalue weighted by Crippen LogP contribution is -2.50. The summed E-state index contributed by atoms with van der Waals surface area (Å²) in [7, 11) is -3.58. The molecule has 0 aromatic carbocycles. The molecule has 2 saturated heterocycles. The zero-order valence-electron chi connectivity index (χ0n) is 15.6. The van der Waals surface area contributed by atoms with E-state index in [0.717, 1.165) is 19.5 Å². The molecule has 2 fully saturated rings. The molecule has 0 aliphatic carbocycles. The Bertz CT molecular complexity index is 705. The number of hydrogen-bond acceptors (Lipinski definition) is 5. The molecular weight excluding hydrogens is 370 g/mol. The number of thiophene rings is 1. The van der Waals surface area contributed by atoms with Crippen molar-refractivity contribution in [3.8, 4) is 0 Å². The van der Waals surface area contributed by atoms with Crippen LogP contribution >= 0.6 is 11.3 Å². The number of rotatable bonds is 6. The zero-order chi connectivity index (χ0) is 18.7. The molecule has 3 rings (SSSR count). The standard InChI is InChI=1S/C18H29N3O3S2/c1-14-6-3-9-20(13-14)15(2)12-19-18(22)16-7-4-10-21(16)26(23,24)17-8-5-11-25-17/h5,8,11,14-16H,3-4,6-7,9-10,12-13H2,1-2H3,(H,19,22). The van der Waals surface area contributed by atoms with Crippen molar-refractivity contribution in [3.05, 3.63) is 17.5 Å². The summed E-state index contributed by atoms with van der Waals surface area (Å²) in [4.78, 5) is 15.1. The smallest absolute Gasteiger partial charge is 0.253 e. The number of likely N-dealkylation sites (tertiary alicyclic amines) is 1. The molecule has 3 heterocycles. The van der Waals surface area contributed by atoms with Gasteiger partial charge in [-0.3, -0.25) is 9.69 Å². The average Bonchev–Trinajstić information content (AvgIpc) is 3.30. The molecule has 0 saturated carbocycles. The van der Waals surface area contributed by atoms with Gasteiger partial charge < -0.3 is 5.32 Å². The van der Waals surface area contributed by atoms with Gasteiger partial charge in [-0.05, 0) is 56.5 Å². The van der Waals surface area contributed by atoms with Crippen molar-refractivity contribution in [1.82, 2.24) is 14.5 Å². The van der Waals surface area contributed by atoms with Crippen molar-refractivity contribution in [2.24, 2.45) is 5.92 Å². The van der Waals surface area contributed by atoms with Crippen LogP contribution in [0.2, 0.25) is 0 Å². The molecule has 0 bridgehead atoms. The van der Waals surface area contributed by atoms with E-state index in [4.69, 9.17) is 0 Å². The van der Waals surface area contributed by atoms with E-state index in [0.29, 0.717) is 29.6 Å². The van der Waals surface area contributed by atoms with E-state index in [-0.39, 0.29) is 11.9 Å². The molecule has 6 nitrogen and oxygen atoms in total. The Morgan fingerprint density at radius 3 is 2.81 bits per heavy atom.